The van der Waals surface area contributed by atoms with Crippen LogP contribution in [0.3, 0.4) is 0 Å². The van der Waals surface area contributed by atoms with Gasteiger partial charge in [0.1, 0.15) is 6.54 Å². The van der Waals surface area contributed by atoms with E-state index < -0.39 is 5.97 Å². The Bertz CT molecular complexity index is 775. The van der Waals surface area contributed by atoms with E-state index in [0.29, 0.717) is 13.1 Å². The third-order valence-electron chi connectivity index (χ3n) is 4.43. The first kappa shape index (κ1) is 18.3. The predicted molar refractivity (Wildman–Crippen MR) is 101 cm³/mol. The lowest BCUT2D eigenvalue weighted by Gasteiger charge is -2.32. The maximum Gasteiger partial charge on any atom is 0.325 e. The summed E-state index contributed by atoms with van der Waals surface area (Å²) in [6.45, 7) is 1.14. The first-order chi connectivity index (χ1) is 12.5. The van der Waals surface area contributed by atoms with Crippen LogP contribution in [0.5, 0.6) is 0 Å². The molecule has 2 aromatic rings. The summed E-state index contributed by atoms with van der Waals surface area (Å²) in [4.78, 5) is 26.3. The molecule has 0 saturated carbocycles. The van der Waals surface area contributed by atoms with Crippen LogP contribution in [0.4, 0.5) is 10.5 Å². The van der Waals surface area contributed by atoms with Crippen molar-refractivity contribution in [2.75, 3.05) is 24.7 Å². The third kappa shape index (κ3) is 4.57. The number of nitrogens with zero attached hydrogens (tertiary/aromatic N) is 3. The van der Waals surface area contributed by atoms with Gasteiger partial charge in [-0.25, -0.2) is 4.79 Å². The molecule has 1 atom stereocenters. The molecule has 2 heterocycles. The number of urea groups is 1. The van der Waals surface area contributed by atoms with Crippen LogP contribution in [0, 0.1) is 0 Å². The zero-order chi connectivity index (χ0) is 18.5. The molecule has 0 spiro atoms. The maximum absolute atomic E-state index is 12.6. The molecule has 2 N–H and O–H groups in total. The first-order valence-electron chi connectivity index (χ1n) is 8.50. The molecule has 138 valence electrons. The van der Waals surface area contributed by atoms with Crippen LogP contribution in [0.1, 0.15) is 24.5 Å². The summed E-state index contributed by atoms with van der Waals surface area (Å²) in [5.41, 5.74) is 1.62. The van der Waals surface area contributed by atoms with Crippen molar-refractivity contribution in [1.29, 1.82) is 0 Å². The number of anilines is 1. The maximum atomic E-state index is 12.6. The standard InChI is InChI=1S/C18H22N4O3S/c1-26-15-6-4-14(5-7-15)19-18(25)21-9-2-3-13(11-21)16-8-10-22(20-16)12-17(23)24/h4-8,10,13H,2-3,9,11-12H2,1H3,(H,19,25)(H,23,24). The Balaban J connectivity index is 1.60. The number of hydrogen-bond donors (Lipinski definition) is 2. The van der Waals surface area contributed by atoms with E-state index in [1.54, 1.807) is 22.9 Å². The SMILES string of the molecule is CSc1ccc(NC(=O)N2CCCC(c3ccn(CC(=O)O)n3)C2)cc1. The summed E-state index contributed by atoms with van der Waals surface area (Å²) in [6.07, 6.45) is 5.53. The number of rotatable bonds is 5. The number of benzene rings is 1. The van der Waals surface area contributed by atoms with Gasteiger partial charge in [-0.2, -0.15) is 5.10 Å². The van der Waals surface area contributed by atoms with Crippen molar-refractivity contribution in [3.05, 3.63) is 42.2 Å². The van der Waals surface area contributed by atoms with Gasteiger partial charge in [0.25, 0.3) is 0 Å². The monoisotopic (exact) mass is 374 g/mol. The first-order valence-corrected chi connectivity index (χ1v) is 9.73. The molecule has 2 amide bonds. The Morgan fingerprint density at radius 1 is 1.31 bits per heavy atom. The smallest absolute Gasteiger partial charge is 0.325 e. The lowest BCUT2D eigenvalue weighted by atomic mass is 9.95. The van der Waals surface area contributed by atoms with Crippen molar-refractivity contribution < 1.29 is 14.7 Å². The number of aromatic nitrogens is 2. The summed E-state index contributed by atoms with van der Waals surface area (Å²) in [6, 6.07) is 9.49. The number of carboxylic acids is 1. The zero-order valence-corrected chi connectivity index (χ0v) is 15.4. The molecule has 3 rings (SSSR count). The number of carboxylic acid groups (broad SMARTS) is 1. The van der Waals surface area contributed by atoms with Crippen LogP contribution < -0.4 is 5.32 Å². The summed E-state index contributed by atoms with van der Waals surface area (Å²) in [5.74, 6) is -0.791. The second-order valence-electron chi connectivity index (χ2n) is 6.28. The van der Waals surface area contributed by atoms with Gasteiger partial charge in [0.15, 0.2) is 0 Å². The molecule has 0 bridgehead atoms. The van der Waals surface area contributed by atoms with Crippen LogP contribution in [-0.4, -0.2) is 51.1 Å². The molecular formula is C18H22N4O3S. The van der Waals surface area contributed by atoms with Gasteiger partial charge in [0, 0.05) is 35.8 Å². The number of piperidine rings is 1. The van der Waals surface area contributed by atoms with E-state index in [4.69, 9.17) is 5.11 Å². The lowest BCUT2D eigenvalue weighted by Crippen LogP contribution is -2.41. The highest BCUT2D eigenvalue weighted by molar-refractivity contribution is 7.98. The number of hydrogen-bond acceptors (Lipinski definition) is 4. The highest BCUT2D eigenvalue weighted by atomic mass is 32.2. The number of carbonyl (C=O) groups excluding carboxylic acids is 1. The van der Waals surface area contributed by atoms with E-state index in [-0.39, 0.29) is 18.5 Å². The Hall–Kier alpha value is -2.48. The molecule has 1 aromatic carbocycles. The summed E-state index contributed by atoms with van der Waals surface area (Å²) in [7, 11) is 0. The average molecular weight is 374 g/mol. The van der Waals surface area contributed by atoms with Gasteiger partial charge in [-0.15, -0.1) is 11.8 Å². The Labute approximate surface area is 156 Å². The van der Waals surface area contributed by atoms with E-state index in [1.807, 2.05) is 36.6 Å². The van der Waals surface area contributed by atoms with E-state index in [9.17, 15) is 9.59 Å². The molecular weight excluding hydrogens is 352 g/mol. The van der Waals surface area contributed by atoms with Crippen molar-refractivity contribution in [2.24, 2.45) is 0 Å². The Morgan fingerprint density at radius 2 is 2.08 bits per heavy atom. The third-order valence-corrected chi connectivity index (χ3v) is 5.17. The van der Waals surface area contributed by atoms with Gasteiger partial charge >= 0.3 is 12.0 Å². The molecule has 1 unspecified atom stereocenters. The van der Waals surface area contributed by atoms with Crippen molar-refractivity contribution in [1.82, 2.24) is 14.7 Å². The lowest BCUT2D eigenvalue weighted by molar-refractivity contribution is -0.137. The van der Waals surface area contributed by atoms with E-state index in [2.05, 4.69) is 10.4 Å². The number of likely N-dealkylation sites (tertiary alicyclic amines) is 1. The van der Waals surface area contributed by atoms with Gasteiger partial charge < -0.3 is 15.3 Å². The number of carbonyl (C=O) groups is 2. The molecule has 1 aliphatic rings. The van der Waals surface area contributed by atoms with Crippen molar-refractivity contribution in [2.45, 2.75) is 30.2 Å². The average Bonchev–Trinajstić information content (AvgIpc) is 3.10. The minimum absolute atomic E-state index is 0.114. The highest BCUT2D eigenvalue weighted by Gasteiger charge is 2.26. The van der Waals surface area contributed by atoms with Crippen molar-refractivity contribution in [3.8, 4) is 0 Å². The highest BCUT2D eigenvalue weighted by Crippen LogP contribution is 2.26. The quantitative estimate of drug-likeness (QED) is 0.785. The molecule has 0 radical (unpaired) electrons. The predicted octanol–water partition coefficient (Wildman–Crippen LogP) is 3.10. The van der Waals surface area contributed by atoms with E-state index in [0.717, 1.165) is 29.1 Å². The minimum Gasteiger partial charge on any atom is -0.480 e. The molecule has 1 fully saturated rings. The molecule has 7 nitrogen and oxygen atoms in total. The topological polar surface area (TPSA) is 87.5 Å². The van der Waals surface area contributed by atoms with Crippen molar-refractivity contribution >= 4 is 29.4 Å². The van der Waals surface area contributed by atoms with Gasteiger partial charge in [-0.05, 0) is 49.4 Å². The van der Waals surface area contributed by atoms with Crippen LogP contribution in [0.2, 0.25) is 0 Å². The molecule has 0 aliphatic carbocycles. The van der Waals surface area contributed by atoms with E-state index >= 15 is 0 Å². The second-order valence-corrected chi connectivity index (χ2v) is 7.16. The number of amides is 2. The number of nitrogens with one attached hydrogen (secondary N) is 1. The van der Waals surface area contributed by atoms with Crippen LogP contribution >= 0.6 is 11.8 Å². The molecule has 8 heteroatoms. The molecule has 1 saturated heterocycles. The summed E-state index contributed by atoms with van der Waals surface area (Å²) < 4.78 is 1.42. The van der Waals surface area contributed by atoms with Gasteiger partial charge in [-0.1, -0.05) is 0 Å². The number of thioether (sulfide) groups is 1. The summed E-state index contributed by atoms with van der Waals surface area (Å²) in [5, 5.41) is 16.1. The summed E-state index contributed by atoms with van der Waals surface area (Å²) >= 11 is 1.66. The molecule has 26 heavy (non-hydrogen) atoms. The van der Waals surface area contributed by atoms with Crippen LogP contribution in [0.15, 0.2) is 41.4 Å². The van der Waals surface area contributed by atoms with Crippen molar-refractivity contribution in [3.63, 3.8) is 0 Å². The van der Waals surface area contributed by atoms with Gasteiger partial charge in [0.2, 0.25) is 0 Å². The fourth-order valence-electron chi connectivity index (χ4n) is 3.10. The zero-order valence-electron chi connectivity index (χ0n) is 14.6. The van der Waals surface area contributed by atoms with Crippen LogP contribution in [0.25, 0.3) is 0 Å². The molecule has 1 aliphatic heterocycles. The number of aliphatic carboxylic acids is 1. The fraction of sp³-hybridized carbons (Fsp3) is 0.389. The molecule has 1 aromatic heterocycles. The normalized spacial score (nSPS) is 17.1. The second kappa shape index (κ2) is 8.27. The Morgan fingerprint density at radius 3 is 2.77 bits per heavy atom. The minimum atomic E-state index is -0.920. The van der Waals surface area contributed by atoms with E-state index in [1.165, 1.54) is 4.68 Å². The van der Waals surface area contributed by atoms with Crippen LogP contribution in [-0.2, 0) is 11.3 Å². The van der Waals surface area contributed by atoms with Gasteiger partial charge in [-0.3, -0.25) is 9.48 Å². The largest absolute Gasteiger partial charge is 0.480 e. The van der Waals surface area contributed by atoms with Gasteiger partial charge in [0.05, 0.1) is 5.69 Å². The fourth-order valence-corrected chi connectivity index (χ4v) is 3.51. The Kier molecular flexibility index (Phi) is 5.82.